The van der Waals surface area contributed by atoms with E-state index in [9.17, 15) is 29.4 Å². The summed E-state index contributed by atoms with van der Waals surface area (Å²) in [7, 11) is 4.30. The molecule has 0 saturated heterocycles. The van der Waals surface area contributed by atoms with Gasteiger partial charge in [0, 0.05) is 55.3 Å². The molecule has 0 fully saturated rings. The number of aromatic hydroxyl groups is 2. The van der Waals surface area contributed by atoms with Crippen LogP contribution in [0.1, 0.15) is 91.3 Å². The van der Waals surface area contributed by atoms with Gasteiger partial charge < -0.3 is 39.8 Å². The molecule has 0 radical (unpaired) electrons. The zero-order valence-electron chi connectivity index (χ0n) is 28.6. The van der Waals surface area contributed by atoms with E-state index in [4.69, 9.17) is 18.9 Å². The molecule has 0 bridgehead atoms. The van der Waals surface area contributed by atoms with Crippen molar-refractivity contribution >= 4 is 46.1 Å². The van der Waals surface area contributed by atoms with Gasteiger partial charge in [-0.25, -0.2) is 9.78 Å². The number of ether oxygens (including phenoxy) is 4. The number of Topliss-reactive ketones (excluding diaryl/α,β-unsaturated/α-hetero) is 1. The number of aromatic nitrogens is 1. The van der Waals surface area contributed by atoms with Crippen LogP contribution in [-0.4, -0.2) is 72.7 Å². The molecule has 0 spiro atoms. The van der Waals surface area contributed by atoms with Gasteiger partial charge in [-0.3, -0.25) is 14.4 Å². The van der Waals surface area contributed by atoms with Crippen LogP contribution in [0.5, 0.6) is 28.7 Å². The molecule has 13 nitrogen and oxygen atoms in total. The number of thiazole rings is 1. The van der Waals surface area contributed by atoms with Gasteiger partial charge in [-0.2, -0.15) is 0 Å². The zero-order valence-corrected chi connectivity index (χ0v) is 29.4. The number of benzene rings is 2. The first-order valence-electron chi connectivity index (χ1n) is 16.3. The first-order chi connectivity index (χ1) is 24.1. The maximum absolute atomic E-state index is 13.7. The van der Waals surface area contributed by atoms with Crippen LogP contribution >= 0.6 is 11.3 Å². The number of allylic oxidation sites excluding steroid dienone is 1. The molecule has 3 aromatic rings. The number of carbonyl (C=O) groups is 4. The lowest BCUT2D eigenvalue weighted by Crippen LogP contribution is -2.29. The van der Waals surface area contributed by atoms with Crippen molar-refractivity contribution in [3.8, 4) is 28.7 Å². The summed E-state index contributed by atoms with van der Waals surface area (Å²) in [5.41, 5.74) is 0.332. The van der Waals surface area contributed by atoms with E-state index >= 15 is 0 Å². The summed E-state index contributed by atoms with van der Waals surface area (Å²) in [6.07, 6.45) is 6.99. The number of nitrogens with one attached hydrogen (secondary N) is 2. The van der Waals surface area contributed by atoms with Gasteiger partial charge in [0.25, 0.3) is 0 Å². The highest BCUT2D eigenvalue weighted by Crippen LogP contribution is 2.47. The highest BCUT2D eigenvalue weighted by molar-refractivity contribution is 7.13. The van der Waals surface area contributed by atoms with Crippen molar-refractivity contribution in [1.82, 2.24) is 10.3 Å². The molecule has 2 amide bonds. The predicted octanol–water partition coefficient (Wildman–Crippen LogP) is 5.73. The molecular formula is C36H43N3O10S. The van der Waals surface area contributed by atoms with E-state index in [0.717, 1.165) is 0 Å². The molecule has 2 heterocycles. The SMILES string of the molecule is COc1cc(C(CC(=O)NCCC(=O)Nc2nccs2)c2c(O)cc3c(c2O)C(=O)OC(C)CCCC(=O)CCCC=C3)cc(OC)c1OC. The fourth-order valence-corrected chi connectivity index (χ4v) is 6.29. The Kier molecular flexibility index (Phi) is 13.6. The summed E-state index contributed by atoms with van der Waals surface area (Å²) in [5, 5.41) is 30.9. The molecule has 0 aliphatic carbocycles. The van der Waals surface area contributed by atoms with Crippen LogP contribution in [0.3, 0.4) is 0 Å². The number of fused-ring (bicyclic) bond motifs is 1. The number of carbonyl (C=O) groups excluding carboxylic acids is 4. The number of hydrogen-bond acceptors (Lipinski definition) is 12. The van der Waals surface area contributed by atoms with Crippen molar-refractivity contribution in [2.75, 3.05) is 33.2 Å². The highest BCUT2D eigenvalue weighted by Gasteiger charge is 2.32. The third-order valence-corrected chi connectivity index (χ3v) is 8.92. The molecule has 4 rings (SSSR count). The first-order valence-corrected chi connectivity index (χ1v) is 17.2. The van der Waals surface area contributed by atoms with Gasteiger partial charge in [-0.15, -0.1) is 11.3 Å². The standard InChI is InChI=1S/C36H43N3O10S/c1-21-9-8-12-24(40)11-7-5-6-10-22-17-26(41)32(33(44)31(22)35(45)49-21)25(23-18-27(46-2)34(48-4)28(19-23)47-3)20-30(43)37-14-13-29(42)39-36-38-15-16-50-36/h6,10,15-19,21,25,41,44H,5,7-9,11-14,20H2,1-4H3,(H,37,43)(H,38,39,42). The highest BCUT2D eigenvalue weighted by atomic mass is 32.1. The second kappa shape index (κ2) is 18.0. The number of amides is 2. The van der Waals surface area contributed by atoms with E-state index < -0.39 is 29.6 Å². The van der Waals surface area contributed by atoms with Crippen LogP contribution in [0.25, 0.3) is 6.08 Å². The molecule has 1 aromatic heterocycles. The van der Waals surface area contributed by atoms with E-state index in [0.29, 0.717) is 49.2 Å². The molecule has 2 aromatic carbocycles. The predicted molar refractivity (Wildman–Crippen MR) is 187 cm³/mol. The van der Waals surface area contributed by atoms with Crippen molar-refractivity contribution in [1.29, 1.82) is 0 Å². The van der Waals surface area contributed by atoms with Crippen molar-refractivity contribution in [3.63, 3.8) is 0 Å². The van der Waals surface area contributed by atoms with E-state index in [2.05, 4.69) is 15.6 Å². The number of rotatable bonds is 11. The van der Waals surface area contributed by atoms with Gasteiger partial charge in [-0.1, -0.05) is 12.2 Å². The van der Waals surface area contributed by atoms with Crippen molar-refractivity contribution in [2.24, 2.45) is 0 Å². The van der Waals surface area contributed by atoms with Gasteiger partial charge >= 0.3 is 5.97 Å². The van der Waals surface area contributed by atoms with Gasteiger partial charge in [0.05, 0.1) is 27.4 Å². The number of nitrogens with zero attached hydrogens (tertiary/aromatic N) is 1. The topological polar surface area (TPSA) is 183 Å². The van der Waals surface area contributed by atoms with Crippen LogP contribution in [0.2, 0.25) is 0 Å². The lowest BCUT2D eigenvalue weighted by Gasteiger charge is -2.24. The number of phenols is 2. The Bertz CT molecular complexity index is 1680. The summed E-state index contributed by atoms with van der Waals surface area (Å²) in [6, 6.07) is 4.52. The average molecular weight is 710 g/mol. The lowest BCUT2D eigenvalue weighted by molar-refractivity contribution is -0.121. The number of cyclic esters (lactones) is 1. The van der Waals surface area contributed by atoms with Crippen molar-refractivity contribution in [3.05, 3.63) is 58.1 Å². The Morgan fingerprint density at radius 3 is 2.42 bits per heavy atom. The number of methoxy groups -OCH3 is 3. The van der Waals surface area contributed by atoms with E-state index in [-0.39, 0.29) is 70.8 Å². The molecule has 50 heavy (non-hydrogen) atoms. The summed E-state index contributed by atoms with van der Waals surface area (Å²) < 4.78 is 22.3. The molecule has 1 aliphatic rings. The van der Waals surface area contributed by atoms with E-state index in [1.165, 1.54) is 38.7 Å². The molecule has 14 heteroatoms. The van der Waals surface area contributed by atoms with Gasteiger partial charge in [-0.05, 0) is 61.9 Å². The molecule has 2 atom stereocenters. The monoisotopic (exact) mass is 709 g/mol. The molecule has 1 aliphatic heterocycles. The van der Waals surface area contributed by atoms with Gasteiger partial charge in [0.1, 0.15) is 22.8 Å². The van der Waals surface area contributed by atoms with E-state index in [1.807, 2.05) is 0 Å². The minimum absolute atomic E-state index is 0.000769. The number of phenolic OH excluding ortho intramolecular Hbond substituents is 2. The minimum atomic E-state index is -1.05. The van der Waals surface area contributed by atoms with Crippen molar-refractivity contribution in [2.45, 2.75) is 70.3 Å². The van der Waals surface area contributed by atoms with Crippen LogP contribution in [0.4, 0.5) is 5.13 Å². The Morgan fingerprint density at radius 2 is 1.76 bits per heavy atom. The first kappa shape index (κ1) is 37.7. The summed E-state index contributed by atoms with van der Waals surface area (Å²) in [5.74, 6) is -2.69. The quantitative estimate of drug-likeness (QED) is 0.179. The zero-order chi connectivity index (χ0) is 36.2. The van der Waals surface area contributed by atoms with Gasteiger partial charge in [0.15, 0.2) is 16.6 Å². The summed E-state index contributed by atoms with van der Waals surface area (Å²) in [4.78, 5) is 55.7. The van der Waals surface area contributed by atoms with Gasteiger partial charge in [0.2, 0.25) is 17.6 Å². The average Bonchev–Trinajstić information content (AvgIpc) is 3.59. The normalized spacial score (nSPS) is 16.0. The Balaban J connectivity index is 1.75. The molecule has 4 N–H and O–H groups in total. The fourth-order valence-electron chi connectivity index (χ4n) is 5.75. The number of hydrogen-bond donors (Lipinski definition) is 4. The molecular weight excluding hydrogens is 666 g/mol. The number of ketones is 1. The Hall–Kier alpha value is -5.11. The Labute approximate surface area is 294 Å². The van der Waals surface area contributed by atoms with Crippen LogP contribution < -0.4 is 24.8 Å². The smallest absolute Gasteiger partial charge is 0.342 e. The van der Waals surface area contributed by atoms with Crippen LogP contribution in [0.15, 0.2) is 35.9 Å². The Morgan fingerprint density at radius 1 is 1.04 bits per heavy atom. The lowest BCUT2D eigenvalue weighted by atomic mass is 9.84. The fraction of sp³-hybridized carbons (Fsp3) is 0.417. The maximum atomic E-state index is 13.7. The molecule has 2 unspecified atom stereocenters. The number of esters is 1. The number of anilines is 1. The second-order valence-electron chi connectivity index (χ2n) is 11.8. The largest absolute Gasteiger partial charge is 0.507 e. The maximum Gasteiger partial charge on any atom is 0.342 e. The van der Waals surface area contributed by atoms with E-state index in [1.54, 1.807) is 42.8 Å². The van der Waals surface area contributed by atoms with Crippen LogP contribution in [-0.2, 0) is 19.1 Å². The third-order valence-electron chi connectivity index (χ3n) is 8.23. The summed E-state index contributed by atoms with van der Waals surface area (Å²) in [6.45, 7) is 1.71. The summed E-state index contributed by atoms with van der Waals surface area (Å²) >= 11 is 1.27. The van der Waals surface area contributed by atoms with Crippen LogP contribution in [0, 0.1) is 0 Å². The second-order valence-corrected chi connectivity index (χ2v) is 12.7. The molecule has 268 valence electrons. The molecule has 0 saturated carbocycles. The van der Waals surface area contributed by atoms with Crippen molar-refractivity contribution < 1.29 is 48.3 Å². The third kappa shape index (κ3) is 9.74. The minimum Gasteiger partial charge on any atom is -0.507 e.